The molecular formula is C16H38Si. The molecule has 0 saturated carbocycles. The topological polar surface area (TPSA) is 0 Å². The second-order valence-electron chi connectivity index (χ2n) is 5.18. The Labute approximate surface area is 114 Å². The van der Waals surface area contributed by atoms with Gasteiger partial charge in [0.1, 0.15) is 0 Å². The van der Waals surface area contributed by atoms with E-state index in [0.717, 1.165) is 0 Å². The van der Waals surface area contributed by atoms with Crippen molar-refractivity contribution in [2.24, 2.45) is 0 Å². The zero-order valence-electron chi connectivity index (χ0n) is 13.2. The Morgan fingerprint density at radius 2 is 0.941 bits per heavy atom. The zero-order chi connectivity index (χ0) is 13.2. The van der Waals surface area contributed by atoms with E-state index < -0.39 is 0 Å². The van der Waals surface area contributed by atoms with Gasteiger partial charge in [0.25, 0.3) is 0 Å². The standard InChI is InChI=1S/C9H22Si.C7H16/c1-3-5-6-7-8-9-10-4-2;1-3-5-7-6-4-2/h3-10H2,1-2H3;3-7H2,1-2H3. The third-order valence-corrected chi connectivity index (χ3v) is 4.87. The van der Waals surface area contributed by atoms with Gasteiger partial charge in [-0.05, 0) is 0 Å². The van der Waals surface area contributed by atoms with Crippen LogP contribution in [0.15, 0.2) is 0 Å². The molecule has 0 heterocycles. The summed E-state index contributed by atoms with van der Waals surface area (Å²) < 4.78 is 0. The van der Waals surface area contributed by atoms with E-state index in [9.17, 15) is 0 Å². The van der Waals surface area contributed by atoms with E-state index in [1.807, 2.05) is 0 Å². The lowest BCUT2D eigenvalue weighted by atomic mass is 10.2. The summed E-state index contributed by atoms with van der Waals surface area (Å²) in [6, 6.07) is 3.11. The predicted molar refractivity (Wildman–Crippen MR) is 87.0 cm³/mol. The van der Waals surface area contributed by atoms with E-state index in [4.69, 9.17) is 0 Å². The Kier molecular flexibility index (Phi) is 24.7. The van der Waals surface area contributed by atoms with Crippen molar-refractivity contribution in [3.05, 3.63) is 0 Å². The molecule has 0 fully saturated rings. The molecule has 0 rings (SSSR count). The van der Waals surface area contributed by atoms with Gasteiger partial charge in [0.15, 0.2) is 0 Å². The summed E-state index contributed by atoms with van der Waals surface area (Å²) in [6.45, 7) is 9.10. The molecule has 0 aliphatic carbocycles. The lowest BCUT2D eigenvalue weighted by molar-refractivity contribution is 0.655. The molecule has 0 aliphatic rings. The molecule has 17 heavy (non-hydrogen) atoms. The van der Waals surface area contributed by atoms with Gasteiger partial charge in [-0.15, -0.1) is 0 Å². The van der Waals surface area contributed by atoms with E-state index in [-0.39, 0.29) is 0 Å². The van der Waals surface area contributed by atoms with Gasteiger partial charge in [-0.3, -0.25) is 0 Å². The molecule has 0 N–H and O–H groups in total. The van der Waals surface area contributed by atoms with Crippen molar-refractivity contribution >= 4 is 9.52 Å². The van der Waals surface area contributed by atoms with Crippen LogP contribution in [0.1, 0.15) is 91.9 Å². The molecular weight excluding hydrogens is 220 g/mol. The van der Waals surface area contributed by atoms with Crippen molar-refractivity contribution in [2.75, 3.05) is 0 Å². The molecule has 0 atom stereocenters. The first-order chi connectivity index (χ1) is 8.33. The van der Waals surface area contributed by atoms with E-state index in [2.05, 4.69) is 27.7 Å². The maximum atomic E-state index is 2.33. The molecule has 0 amide bonds. The monoisotopic (exact) mass is 258 g/mol. The molecule has 0 aromatic carbocycles. The SMILES string of the molecule is CCCCCCC.CCCCCCC[SiH2]CC. The average molecular weight is 259 g/mol. The van der Waals surface area contributed by atoms with Crippen molar-refractivity contribution in [2.45, 2.75) is 104 Å². The summed E-state index contributed by atoms with van der Waals surface area (Å²) >= 11 is 0. The lowest BCUT2D eigenvalue weighted by Gasteiger charge is -1.97. The normalized spacial score (nSPS) is 10.6. The van der Waals surface area contributed by atoms with Gasteiger partial charge in [0.05, 0.1) is 0 Å². The first kappa shape index (κ1) is 19.6. The first-order valence-electron chi connectivity index (χ1n) is 8.33. The molecule has 0 aliphatic heterocycles. The fourth-order valence-corrected chi connectivity index (χ4v) is 3.09. The minimum Gasteiger partial charge on any atom is -0.0683 e. The van der Waals surface area contributed by atoms with Crippen LogP contribution in [0.3, 0.4) is 0 Å². The third kappa shape index (κ3) is 26.1. The van der Waals surface area contributed by atoms with E-state index in [1.54, 1.807) is 6.04 Å². The van der Waals surface area contributed by atoms with Crippen molar-refractivity contribution in [3.8, 4) is 0 Å². The van der Waals surface area contributed by atoms with Gasteiger partial charge in [0, 0.05) is 9.52 Å². The van der Waals surface area contributed by atoms with Crippen LogP contribution in [0.25, 0.3) is 0 Å². The van der Waals surface area contributed by atoms with Crippen LogP contribution in [0.5, 0.6) is 0 Å². The highest BCUT2D eigenvalue weighted by atomic mass is 28.2. The van der Waals surface area contributed by atoms with Gasteiger partial charge >= 0.3 is 0 Å². The molecule has 1 heteroatoms. The summed E-state index contributed by atoms with van der Waals surface area (Å²) in [7, 11) is 0.387. The fourth-order valence-electron chi connectivity index (χ4n) is 1.88. The van der Waals surface area contributed by atoms with Crippen LogP contribution in [0.2, 0.25) is 12.1 Å². The van der Waals surface area contributed by atoms with Crippen LogP contribution in [0, 0.1) is 0 Å². The van der Waals surface area contributed by atoms with Crippen LogP contribution in [-0.4, -0.2) is 9.52 Å². The van der Waals surface area contributed by atoms with Crippen LogP contribution < -0.4 is 0 Å². The van der Waals surface area contributed by atoms with Gasteiger partial charge in [-0.1, -0.05) is 104 Å². The first-order valence-corrected chi connectivity index (χ1v) is 10.3. The minimum absolute atomic E-state index is 0.387. The van der Waals surface area contributed by atoms with Crippen molar-refractivity contribution in [1.29, 1.82) is 0 Å². The van der Waals surface area contributed by atoms with Crippen molar-refractivity contribution in [3.63, 3.8) is 0 Å². The van der Waals surface area contributed by atoms with Gasteiger partial charge in [0.2, 0.25) is 0 Å². The van der Waals surface area contributed by atoms with Gasteiger partial charge in [-0.25, -0.2) is 0 Å². The van der Waals surface area contributed by atoms with Crippen LogP contribution >= 0.6 is 0 Å². The van der Waals surface area contributed by atoms with E-state index in [0.29, 0.717) is 9.52 Å². The van der Waals surface area contributed by atoms with Gasteiger partial charge in [-0.2, -0.15) is 0 Å². The van der Waals surface area contributed by atoms with Crippen molar-refractivity contribution in [1.82, 2.24) is 0 Å². The molecule has 0 bridgehead atoms. The summed E-state index contributed by atoms with van der Waals surface area (Å²) in [4.78, 5) is 0. The fraction of sp³-hybridized carbons (Fsp3) is 1.00. The quantitative estimate of drug-likeness (QED) is 0.317. The van der Waals surface area contributed by atoms with E-state index in [1.165, 1.54) is 70.3 Å². The summed E-state index contributed by atoms with van der Waals surface area (Å²) in [5.41, 5.74) is 0. The Morgan fingerprint density at radius 3 is 1.35 bits per heavy atom. The molecule has 0 radical (unpaired) electrons. The molecule has 0 spiro atoms. The molecule has 0 aromatic heterocycles. The summed E-state index contributed by atoms with van der Waals surface area (Å²) in [5.74, 6) is 0. The number of hydrogen-bond donors (Lipinski definition) is 0. The predicted octanol–water partition coefficient (Wildman–Crippen LogP) is 5.96. The lowest BCUT2D eigenvalue weighted by Crippen LogP contribution is -1.85. The van der Waals surface area contributed by atoms with Crippen molar-refractivity contribution < 1.29 is 0 Å². The number of rotatable bonds is 11. The van der Waals surface area contributed by atoms with E-state index >= 15 is 0 Å². The number of hydrogen-bond acceptors (Lipinski definition) is 0. The Bertz CT molecular complexity index is 89.7. The largest absolute Gasteiger partial charge is 0.0683 e. The second-order valence-corrected chi connectivity index (χ2v) is 7.60. The zero-order valence-corrected chi connectivity index (χ0v) is 14.6. The average Bonchev–Trinajstić information content (AvgIpc) is 2.35. The molecule has 0 nitrogen and oxygen atoms in total. The van der Waals surface area contributed by atoms with Crippen LogP contribution in [-0.2, 0) is 0 Å². The maximum absolute atomic E-state index is 2.33. The summed E-state index contributed by atoms with van der Waals surface area (Å²) in [5, 5.41) is 0. The Balaban J connectivity index is 0. The highest BCUT2D eigenvalue weighted by molar-refractivity contribution is 6.35. The Hall–Kier alpha value is 0.217. The second kappa shape index (κ2) is 21.5. The maximum Gasteiger partial charge on any atom is 0.0195 e. The smallest absolute Gasteiger partial charge is 0.0195 e. The minimum atomic E-state index is 0.387. The highest BCUT2D eigenvalue weighted by Gasteiger charge is 1.88. The summed E-state index contributed by atoms with van der Waals surface area (Å²) in [6.07, 6.45) is 14.4. The highest BCUT2D eigenvalue weighted by Crippen LogP contribution is 2.05. The number of unbranched alkanes of at least 4 members (excludes halogenated alkanes) is 8. The molecule has 0 unspecified atom stereocenters. The Morgan fingerprint density at radius 1 is 0.529 bits per heavy atom. The third-order valence-electron chi connectivity index (χ3n) is 3.16. The molecule has 106 valence electrons. The van der Waals surface area contributed by atoms with Crippen LogP contribution in [0.4, 0.5) is 0 Å². The molecule has 0 saturated heterocycles. The molecule has 0 aromatic rings. The van der Waals surface area contributed by atoms with Gasteiger partial charge < -0.3 is 0 Å².